The van der Waals surface area contributed by atoms with Crippen LogP contribution in [0.2, 0.25) is 0 Å². The molecule has 40 heavy (non-hydrogen) atoms. The second kappa shape index (κ2) is 11.2. The fourth-order valence-electron chi connectivity index (χ4n) is 2.33. The Bertz CT molecular complexity index is 943. The minimum absolute atomic E-state index is 0.495. The molecule has 3 N–H and O–H groups in total. The lowest BCUT2D eigenvalue weighted by Gasteiger charge is -2.33. The molecular formula is C16H12F18N2O4. The number of hydrogen-bond acceptors (Lipinski definition) is 3. The van der Waals surface area contributed by atoms with E-state index in [1.807, 2.05) is 0 Å². The van der Waals surface area contributed by atoms with Crippen LogP contribution >= 0.6 is 0 Å². The molecule has 0 aromatic carbocycles. The van der Waals surface area contributed by atoms with Crippen LogP contribution in [0.4, 0.5) is 79.0 Å². The van der Waals surface area contributed by atoms with E-state index in [-0.39, 0.29) is 0 Å². The molecule has 0 bridgehead atoms. The normalized spacial score (nSPS) is 15.4. The number of halogens is 18. The first-order valence-corrected chi connectivity index (χ1v) is 9.58. The van der Waals surface area contributed by atoms with Gasteiger partial charge in [-0.3, -0.25) is 9.59 Å². The minimum Gasteiger partial charge on any atom is -0.480 e. The van der Waals surface area contributed by atoms with Gasteiger partial charge < -0.3 is 15.7 Å². The lowest BCUT2D eigenvalue weighted by Crippen LogP contribution is -2.66. The first-order valence-electron chi connectivity index (χ1n) is 9.58. The molecule has 0 aliphatic carbocycles. The van der Waals surface area contributed by atoms with Gasteiger partial charge in [0.25, 0.3) is 11.8 Å². The molecule has 0 spiro atoms. The standard InChI is InChI=1S/C16H12F18N2O4/c17-9(18,11(21,22)13(25,26)15(29,30)31)7(39)35-4-2-1-3-5(6(37)38)36-8(40)10(19,20)12(23,24)14(27,28)16(32,33)34/h5H,1-4H2,(H,35,39)(H,36,40)(H,37,38)/t5-/m0/s1. The highest BCUT2D eigenvalue weighted by Crippen LogP contribution is 2.54. The maximum atomic E-state index is 13.5. The summed E-state index contributed by atoms with van der Waals surface area (Å²) in [7, 11) is 0. The van der Waals surface area contributed by atoms with Gasteiger partial charge in [-0.25, -0.2) is 4.79 Å². The Morgan fingerprint density at radius 1 is 0.550 bits per heavy atom. The number of rotatable bonds is 13. The van der Waals surface area contributed by atoms with Gasteiger partial charge in [0.1, 0.15) is 6.04 Å². The topological polar surface area (TPSA) is 95.5 Å². The summed E-state index contributed by atoms with van der Waals surface area (Å²) in [4.78, 5) is 33.3. The van der Waals surface area contributed by atoms with Crippen molar-refractivity contribution in [1.82, 2.24) is 10.6 Å². The summed E-state index contributed by atoms with van der Waals surface area (Å²) in [5.74, 6) is -52.8. The van der Waals surface area contributed by atoms with E-state index < -0.39 is 97.5 Å². The zero-order chi connectivity index (χ0) is 32.6. The summed E-state index contributed by atoms with van der Waals surface area (Å²) in [6.45, 7) is -1.37. The van der Waals surface area contributed by atoms with Gasteiger partial charge in [-0.1, -0.05) is 0 Å². The molecule has 0 radical (unpaired) electrons. The highest BCUT2D eigenvalue weighted by molar-refractivity contribution is 5.89. The third kappa shape index (κ3) is 6.54. The molecule has 0 aromatic rings. The van der Waals surface area contributed by atoms with E-state index in [2.05, 4.69) is 0 Å². The van der Waals surface area contributed by atoms with Crippen molar-refractivity contribution in [2.75, 3.05) is 6.54 Å². The van der Waals surface area contributed by atoms with Crippen LogP contribution in [0, 0.1) is 0 Å². The van der Waals surface area contributed by atoms with Gasteiger partial charge in [-0.05, 0) is 19.3 Å². The van der Waals surface area contributed by atoms with Gasteiger partial charge >= 0.3 is 53.9 Å². The minimum atomic E-state index is -7.51. The van der Waals surface area contributed by atoms with Crippen LogP contribution in [-0.2, 0) is 14.4 Å². The predicted molar refractivity (Wildman–Crippen MR) is 88.2 cm³/mol. The van der Waals surface area contributed by atoms with Crippen molar-refractivity contribution >= 4 is 17.8 Å². The molecule has 24 heteroatoms. The molecule has 2 amide bonds. The summed E-state index contributed by atoms with van der Waals surface area (Å²) < 4.78 is 230. The highest BCUT2D eigenvalue weighted by Gasteiger charge is 2.85. The lowest BCUT2D eigenvalue weighted by molar-refractivity contribution is -0.388. The van der Waals surface area contributed by atoms with Crippen molar-refractivity contribution in [2.24, 2.45) is 0 Å². The zero-order valence-corrected chi connectivity index (χ0v) is 18.4. The van der Waals surface area contributed by atoms with Crippen molar-refractivity contribution in [3.05, 3.63) is 0 Å². The van der Waals surface area contributed by atoms with Crippen LogP contribution in [0.3, 0.4) is 0 Å². The van der Waals surface area contributed by atoms with Crippen molar-refractivity contribution in [3.8, 4) is 0 Å². The van der Waals surface area contributed by atoms with Gasteiger partial charge in [0, 0.05) is 6.54 Å². The van der Waals surface area contributed by atoms with Gasteiger partial charge in [0.05, 0.1) is 0 Å². The molecule has 0 heterocycles. The molecule has 0 aliphatic rings. The quantitative estimate of drug-likeness (QED) is 0.200. The van der Waals surface area contributed by atoms with E-state index in [1.165, 1.54) is 0 Å². The number of alkyl halides is 18. The zero-order valence-electron chi connectivity index (χ0n) is 18.4. The molecule has 0 saturated carbocycles. The Hall–Kier alpha value is -2.85. The molecule has 236 valence electrons. The summed E-state index contributed by atoms with van der Waals surface area (Å²) in [5.41, 5.74) is 0. The number of carbonyl (C=O) groups is 3. The Morgan fingerprint density at radius 3 is 1.23 bits per heavy atom. The summed E-state index contributed by atoms with van der Waals surface area (Å²) >= 11 is 0. The van der Waals surface area contributed by atoms with Crippen molar-refractivity contribution < 1.29 is 98.5 Å². The van der Waals surface area contributed by atoms with Crippen molar-refractivity contribution in [1.29, 1.82) is 0 Å². The molecule has 0 aliphatic heterocycles. The lowest BCUT2D eigenvalue weighted by atomic mass is 10.0. The molecular weight excluding hydrogens is 626 g/mol. The van der Waals surface area contributed by atoms with E-state index in [0.717, 1.165) is 5.32 Å². The monoisotopic (exact) mass is 638 g/mol. The van der Waals surface area contributed by atoms with Crippen molar-refractivity contribution in [2.45, 2.75) is 73.2 Å². The van der Waals surface area contributed by atoms with Crippen LogP contribution < -0.4 is 10.6 Å². The number of amides is 2. The van der Waals surface area contributed by atoms with Crippen LogP contribution in [0.1, 0.15) is 19.3 Å². The van der Waals surface area contributed by atoms with Crippen LogP contribution in [0.15, 0.2) is 0 Å². The summed E-state index contributed by atoms with van der Waals surface area (Å²) in [6, 6.07) is -2.80. The molecule has 0 unspecified atom stereocenters. The number of carboxylic acids is 1. The number of unbranched alkanes of at least 4 members (excludes halogenated alkanes) is 1. The van der Waals surface area contributed by atoms with Gasteiger partial charge in [-0.15, -0.1) is 0 Å². The fraction of sp³-hybridized carbons (Fsp3) is 0.812. The van der Waals surface area contributed by atoms with E-state index in [0.29, 0.717) is 5.32 Å². The maximum Gasteiger partial charge on any atom is 0.460 e. The molecule has 0 aromatic heterocycles. The van der Waals surface area contributed by atoms with Crippen LogP contribution in [0.5, 0.6) is 0 Å². The second-order valence-corrected chi connectivity index (χ2v) is 7.56. The molecule has 0 saturated heterocycles. The number of hydrogen-bond donors (Lipinski definition) is 3. The van der Waals surface area contributed by atoms with E-state index >= 15 is 0 Å². The number of aliphatic carboxylic acids is 1. The molecule has 0 rings (SSSR count). The summed E-state index contributed by atoms with van der Waals surface area (Å²) in [5, 5.41) is 10.0. The van der Waals surface area contributed by atoms with Gasteiger partial charge in [0.15, 0.2) is 0 Å². The molecule has 1 atom stereocenters. The predicted octanol–water partition coefficient (Wildman–Crippen LogP) is 4.78. The number of carboxylic acid groups (broad SMARTS) is 1. The Labute approximate surface area is 208 Å². The van der Waals surface area contributed by atoms with Crippen molar-refractivity contribution in [3.63, 3.8) is 0 Å². The Morgan fingerprint density at radius 2 is 0.900 bits per heavy atom. The average Bonchev–Trinajstić information content (AvgIpc) is 2.75. The first kappa shape index (κ1) is 37.1. The number of carbonyl (C=O) groups excluding carboxylic acids is 2. The van der Waals surface area contributed by atoms with E-state index in [4.69, 9.17) is 5.11 Å². The molecule has 0 fully saturated rings. The molecule has 6 nitrogen and oxygen atoms in total. The first-order chi connectivity index (χ1) is 17.4. The second-order valence-electron chi connectivity index (χ2n) is 7.56. The van der Waals surface area contributed by atoms with Gasteiger partial charge in [-0.2, -0.15) is 79.0 Å². The Balaban J connectivity index is 5.33. The Kier molecular flexibility index (Phi) is 10.4. The summed E-state index contributed by atoms with van der Waals surface area (Å²) in [6.07, 6.45) is -17.8. The van der Waals surface area contributed by atoms with Gasteiger partial charge in [0.2, 0.25) is 0 Å². The van der Waals surface area contributed by atoms with Crippen LogP contribution in [-0.4, -0.2) is 83.4 Å². The third-order valence-corrected chi connectivity index (χ3v) is 4.67. The maximum absolute atomic E-state index is 13.5. The average molecular weight is 638 g/mol. The smallest absolute Gasteiger partial charge is 0.460 e. The highest BCUT2D eigenvalue weighted by atomic mass is 19.4. The largest absolute Gasteiger partial charge is 0.480 e. The number of nitrogens with one attached hydrogen (secondary N) is 2. The van der Waals surface area contributed by atoms with Crippen LogP contribution in [0.25, 0.3) is 0 Å². The third-order valence-electron chi connectivity index (χ3n) is 4.67. The van der Waals surface area contributed by atoms with E-state index in [1.54, 1.807) is 0 Å². The fourth-order valence-corrected chi connectivity index (χ4v) is 2.33. The SMILES string of the molecule is O=C(O)[C@H](CCCCNC(=O)C(F)(F)C(F)(F)C(F)(F)C(F)(F)F)NC(=O)C(F)(F)C(F)(F)C(F)(F)C(F)(F)F. The van der Waals surface area contributed by atoms with E-state index in [9.17, 15) is 93.4 Å².